The number of aryl methyl sites for hydroxylation is 2. The number of thiazole rings is 1. The number of hydrogen-bond donors (Lipinski definition) is 4. The zero-order valence-corrected chi connectivity index (χ0v) is 26.2. The Kier molecular flexibility index (Phi) is 9.41. The molecule has 3 heterocycles. The predicted octanol–water partition coefficient (Wildman–Crippen LogP) is 6.00. The van der Waals surface area contributed by atoms with Crippen molar-refractivity contribution in [1.82, 2.24) is 20.2 Å². The summed E-state index contributed by atoms with van der Waals surface area (Å²) in [5.74, 6) is -1.13. The summed E-state index contributed by atoms with van der Waals surface area (Å²) < 4.78 is 0. The summed E-state index contributed by atoms with van der Waals surface area (Å²) in [6, 6.07) is 13.6. The van der Waals surface area contributed by atoms with Gasteiger partial charge in [0.15, 0.2) is 0 Å². The number of carboxylic acids is 1. The van der Waals surface area contributed by atoms with Gasteiger partial charge in [0, 0.05) is 58.7 Å². The van der Waals surface area contributed by atoms with E-state index >= 15 is 0 Å². The molecule has 0 spiro atoms. The number of aromatic amines is 1. The van der Waals surface area contributed by atoms with E-state index in [1.165, 1.54) is 11.3 Å². The molecule has 1 aliphatic heterocycles. The van der Waals surface area contributed by atoms with Crippen LogP contribution in [0.25, 0.3) is 33.5 Å². The summed E-state index contributed by atoms with van der Waals surface area (Å²) in [7, 11) is 0. The zero-order valence-electron chi connectivity index (χ0n) is 25.4. The highest BCUT2D eigenvalue weighted by molar-refractivity contribution is 7.13. The number of benzene rings is 2. The molecule has 1 aliphatic rings. The Morgan fingerprint density at radius 2 is 1.80 bits per heavy atom. The maximum atomic E-state index is 13.1. The van der Waals surface area contributed by atoms with Crippen molar-refractivity contribution in [3.8, 4) is 21.8 Å². The predicted molar refractivity (Wildman–Crippen MR) is 176 cm³/mol. The van der Waals surface area contributed by atoms with E-state index in [0.29, 0.717) is 24.1 Å². The highest BCUT2D eigenvalue weighted by Gasteiger charge is 2.26. The molecular weight excluding hydrogens is 574 g/mol. The van der Waals surface area contributed by atoms with E-state index < -0.39 is 5.97 Å². The molecule has 5 rings (SSSR count). The number of aliphatic carboxylic acids is 1. The van der Waals surface area contributed by atoms with Crippen LogP contribution in [0.4, 0.5) is 5.69 Å². The van der Waals surface area contributed by atoms with Gasteiger partial charge >= 0.3 is 5.97 Å². The van der Waals surface area contributed by atoms with Gasteiger partial charge in [-0.1, -0.05) is 44.2 Å². The summed E-state index contributed by atoms with van der Waals surface area (Å²) in [4.78, 5) is 47.4. The third-order valence-electron chi connectivity index (χ3n) is 8.03. The molecule has 0 bridgehead atoms. The van der Waals surface area contributed by atoms with Crippen molar-refractivity contribution in [2.75, 3.05) is 31.5 Å². The van der Waals surface area contributed by atoms with Gasteiger partial charge < -0.3 is 25.6 Å². The van der Waals surface area contributed by atoms with Gasteiger partial charge in [0.25, 0.3) is 11.8 Å². The average Bonchev–Trinajstić information content (AvgIpc) is 3.70. The lowest BCUT2D eigenvalue weighted by Crippen LogP contribution is -2.35. The molecular formula is C34H37N5O4S. The number of anilines is 1. The first-order valence-corrected chi connectivity index (χ1v) is 15.7. The number of carbonyl (C=O) groups is 3. The topological polar surface area (TPSA) is 127 Å². The van der Waals surface area contributed by atoms with Crippen LogP contribution in [-0.4, -0.2) is 63.9 Å². The van der Waals surface area contributed by atoms with Gasteiger partial charge in [0.1, 0.15) is 5.01 Å². The van der Waals surface area contributed by atoms with E-state index in [0.717, 1.165) is 75.2 Å². The largest absolute Gasteiger partial charge is 0.481 e. The Labute approximate surface area is 261 Å². The molecule has 2 aromatic carbocycles. The molecule has 0 atom stereocenters. The highest BCUT2D eigenvalue weighted by atomic mass is 32.1. The van der Waals surface area contributed by atoms with Gasteiger partial charge in [-0.3, -0.25) is 14.4 Å². The van der Waals surface area contributed by atoms with Crippen LogP contribution in [0.1, 0.15) is 58.7 Å². The van der Waals surface area contributed by atoms with Crippen molar-refractivity contribution >= 4 is 46.5 Å². The van der Waals surface area contributed by atoms with Gasteiger partial charge in [0.05, 0.1) is 16.8 Å². The molecule has 4 aromatic rings. The summed E-state index contributed by atoms with van der Waals surface area (Å²) in [5, 5.41) is 17.8. The van der Waals surface area contributed by atoms with Crippen molar-refractivity contribution in [3.05, 3.63) is 81.5 Å². The van der Waals surface area contributed by atoms with Gasteiger partial charge in [0.2, 0.25) is 0 Å². The van der Waals surface area contributed by atoms with Crippen LogP contribution in [0, 0.1) is 13.8 Å². The second-order valence-corrected chi connectivity index (χ2v) is 11.7. The van der Waals surface area contributed by atoms with Crippen LogP contribution in [0.3, 0.4) is 0 Å². The lowest BCUT2D eigenvalue weighted by molar-refractivity contribution is -0.137. The molecule has 228 valence electrons. The van der Waals surface area contributed by atoms with Crippen molar-refractivity contribution in [2.24, 2.45) is 0 Å². The second kappa shape index (κ2) is 13.4. The maximum Gasteiger partial charge on any atom is 0.303 e. The molecule has 0 radical (unpaired) electrons. The number of nitrogens with one attached hydrogen (secondary N) is 3. The monoisotopic (exact) mass is 611 g/mol. The summed E-state index contributed by atoms with van der Waals surface area (Å²) in [6.45, 7) is 11.2. The highest BCUT2D eigenvalue weighted by Crippen LogP contribution is 2.38. The van der Waals surface area contributed by atoms with Crippen molar-refractivity contribution < 1.29 is 19.5 Å². The number of hydrogen-bond acceptors (Lipinski definition) is 6. The average molecular weight is 612 g/mol. The minimum absolute atomic E-state index is 0.101. The minimum atomic E-state index is -0.810. The Bertz CT molecular complexity index is 1730. The molecule has 0 unspecified atom stereocenters. The summed E-state index contributed by atoms with van der Waals surface area (Å²) >= 11 is 1.53. The van der Waals surface area contributed by atoms with E-state index in [9.17, 15) is 14.4 Å². The number of nitrogens with zero attached hydrogens (tertiary/aromatic N) is 2. The van der Waals surface area contributed by atoms with Crippen LogP contribution in [0.15, 0.2) is 47.8 Å². The fourth-order valence-electron chi connectivity index (χ4n) is 5.45. The summed E-state index contributed by atoms with van der Waals surface area (Å²) in [5.41, 5.74) is 8.54. The summed E-state index contributed by atoms with van der Waals surface area (Å²) in [6.07, 6.45) is 2.41. The third-order valence-corrected chi connectivity index (χ3v) is 8.92. The number of aromatic nitrogens is 2. The first kappa shape index (κ1) is 30.9. The lowest BCUT2D eigenvalue weighted by Gasteiger charge is -2.18. The van der Waals surface area contributed by atoms with Crippen molar-refractivity contribution in [2.45, 2.75) is 40.5 Å². The molecule has 0 aliphatic carbocycles. The van der Waals surface area contributed by atoms with Crippen LogP contribution < -0.4 is 10.6 Å². The molecule has 10 heteroatoms. The van der Waals surface area contributed by atoms with E-state index in [2.05, 4.69) is 34.4 Å². The Morgan fingerprint density at radius 1 is 1.07 bits per heavy atom. The first-order chi connectivity index (χ1) is 21.2. The van der Waals surface area contributed by atoms with E-state index in [4.69, 9.17) is 10.1 Å². The van der Waals surface area contributed by atoms with Crippen LogP contribution in [-0.2, 0) is 16.0 Å². The number of carbonyl (C=O) groups excluding carboxylic acids is 2. The molecule has 0 fully saturated rings. The van der Waals surface area contributed by atoms with Gasteiger partial charge in [-0.15, -0.1) is 11.3 Å². The third kappa shape index (κ3) is 6.66. The van der Waals surface area contributed by atoms with Crippen molar-refractivity contribution in [3.63, 3.8) is 0 Å². The van der Waals surface area contributed by atoms with Crippen LogP contribution in [0.5, 0.6) is 0 Å². The molecule has 4 N–H and O–H groups in total. The fraction of sp³-hybridized carbons (Fsp3) is 0.294. The number of H-pyrrole nitrogens is 1. The minimum Gasteiger partial charge on any atom is -0.481 e. The maximum absolute atomic E-state index is 13.1. The SMILES string of the molecule is CCN(CC)CCNC(=O)c1c(C)[nH]c(/C=C2\C(=O)Nc3ccc(-c4csc(-c5ccc(CCC(=O)O)cc5)n4)cc32)c1C. The number of carboxylic acid groups (broad SMARTS) is 1. The van der Waals surface area contributed by atoms with E-state index in [1.54, 1.807) is 0 Å². The second-order valence-electron chi connectivity index (χ2n) is 10.8. The number of likely N-dealkylation sites (N-methyl/N-ethyl adjacent to an activating group) is 1. The van der Waals surface area contributed by atoms with Crippen LogP contribution >= 0.6 is 11.3 Å². The van der Waals surface area contributed by atoms with Crippen LogP contribution in [0.2, 0.25) is 0 Å². The van der Waals surface area contributed by atoms with Gasteiger partial charge in [-0.05, 0) is 62.7 Å². The molecule has 2 amide bonds. The molecule has 0 saturated carbocycles. The smallest absolute Gasteiger partial charge is 0.303 e. The standard InChI is InChI=1S/C34H37N5O4S/c1-5-39(6-2)16-15-35-33(43)31-20(3)28(36-21(31)4)18-26-25-17-24(12-13-27(25)37-32(26)42)29-19-44-34(38-29)23-10-7-22(8-11-23)9-14-30(40)41/h7-8,10-13,17-19,36H,5-6,9,14-16H2,1-4H3,(H,35,43)(H,37,42)(H,40,41)/b26-18-. The normalized spacial score (nSPS) is 13.4. The van der Waals surface area contributed by atoms with Crippen molar-refractivity contribution in [1.29, 1.82) is 0 Å². The molecule has 44 heavy (non-hydrogen) atoms. The Hall–Kier alpha value is -4.54. The number of rotatable bonds is 12. The Morgan fingerprint density at radius 3 is 2.50 bits per heavy atom. The quantitative estimate of drug-likeness (QED) is 0.146. The Balaban J connectivity index is 1.36. The molecule has 2 aromatic heterocycles. The number of amides is 2. The lowest BCUT2D eigenvalue weighted by atomic mass is 10.0. The molecule has 9 nitrogen and oxygen atoms in total. The van der Waals surface area contributed by atoms with Gasteiger partial charge in [-0.2, -0.15) is 0 Å². The molecule has 0 saturated heterocycles. The van der Waals surface area contributed by atoms with E-state index in [-0.39, 0.29) is 18.2 Å². The zero-order chi connectivity index (χ0) is 31.4. The fourth-order valence-corrected chi connectivity index (χ4v) is 6.29. The first-order valence-electron chi connectivity index (χ1n) is 14.8. The number of fused-ring (bicyclic) bond motifs is 1. The van der Waals surface area contributed by atoms with E-state index in [1.807, 2.05) is 67.8 Å². The van der Waals surface area contributed by atoms with Gasteiger partial charge in [-0.25, -0.2) is 4.98 Å².